The number of hydrogen-bond donors (Lipinski definition) is 0. The zero-order valence-corrected chi connectivity index (χ0v) is 21.5. The lowest BCUT2D eigenvalue weighted by atomic mass is 10.4. The first-order valence-corrected chi connectivity index (χ1v) is 18.3. The predicted molar refractivity (Wildman–Crippen MR) is 132 cm³/mol. The standard InChI is InChI=1S/C22H28O4Si4/c1-7-28(8-2)23-27(5,6)24-30(21-17-13-11-14-18-21,22-19-15-12-16-20-22)26-29(9-3,10-4)25-28/h7-20H,1-4H2,5-6H3. The summed E-state index contributed by atoms with van der Waals surface area (Å²) in [5.74, 6) is 0. The Morgan fingerprint density at radius 3 is 1.37 bits per heavy atom. The molecule has 3 rings (SSSR count). The van der Waals surface area contributed by atoms with Crippen LogP contribution in [0.1, 0.15) is 0 Å². The van der Waals surface area contributed by atoms with Gasteiger partial charge in [0.25, 0.3) is 0 Å². The van der Waals surface area contributed by atoms with Gasteiger partial charge in [-0.2, -0.15) is 0 Å². The lowest BCUT2D eigenvalue weighted by Gasteiger charge is -2.49. The lowest BCUT2D eigenvalue weighted by molar-refractivity contribution is 0.258. The molecule has 0 spiro atoms. The van der Waals surface area contributed by atoms with Gasteiger partial charge in [-0.25, -0.2) is 0 Å². The summed E-state index contributed by atoms with van der Waals surface area (Å²) in [6.07, 6.45) is 0. The van der Waals surface area contributed by atoms with Gasteiger partial charge in [0.15, 0.2) is 0 Å². The van der Waals surface area contributed by atoms with Crippen LogP contribution in [-0.4, -0.2) is 34.2 Å². The van der Waals surface area contributed by atoms with E-state index in [9.17, 15) is 0 Å². The van der Waals surface area contributed by atoms with E-state index in [2.05, 4.69) is 26.3 Å². The molecule has 0 atom stereocenters. The average Bonchev–Trinajstić information content (AvgIpc) is 2.77. The van der Waals surface area contributed by atoms with Crippen molar-refractivity contribution in [1.82, 2.24) is 0 Å². The molecule has 1 saturated heterocycles. The Bertz CT molecular complexity index is 875. The van der Waals surface area contributed by atoms with Gasteiger partial charge in [0.2, 0.25) is 0 Å². The SMILES string of the molecule is C=C[Si]1(C=C)O[Si](C)(C)O[Si](c2ccccc2)(c2ccccc2)O[Si](C=C)(C=C)O1. The van der Waals surface area contributed by atoms with E-state index in [4.69, 9.17) is 16.5 Å². The van der Waals surface area contributed by atoms with Crippen LogP contribution in [0.2, 0.25) is 13.1 Å². The molecule has 1 heterocycles. The van der Waals surface area contributed by atoms with E-state index in [1.807, 2.05) is 73.8 Å². The molecule has 0 aromatic heterocycles. The molecule has 2 aromatic rings. The maximum atomic E-state index is 7.02. The van der Waals surface area contributed by atoms with Crippen molar-refractivity contribution in [3.05, 3.63) is 110 Å². The minimum absolute atomic E-state index is 0.982. The molecule has 0 amide bonds. The molecular formula is C22H28O4Si4. The Morgan fingerprint density at radius 2 is 0.967 bits per heavy atom. The van der Waals surface area contributed by atoms with Crippen LogP contribution < -0.4 is 10.4 Å². The Kier molecular flexibility index (Phi) is 6.60. The monoisotopic (exact) mass is 468 g/mol. The van der Waals surface area contributed by atoms with Crippen LogP contribution in [-0.2, 0) is 16.5 Å². The van der Waals surface area contributed by atoms with Gasteiger partial charge < -0.3 is 16.5 Å². The molecule has 30 heavy (non-hydrogen) atoms. The normalized spacial score (nSPS) is 21.4. The lowest BCUT2D eigenvalue weighted by Crippen LogP contribution is -2.75. The highest BCUT2D eigenvalue weighted by Gasteiger charge is 2.59. The largest absolute Gasteiger partial charge is 0.410 e. The van der Waals surface area contributed by atoms with Crippen LogP contribution in [0.3, 0.4) is 0 Å². The van der Waals surface area contributed by atoms with E-state index in [0.29, 0.717) is 0 Å². The van der Waals surface area contributed by atoms with E-state index in [1.54, 1.807) is 22.8 Å². The van der Waals surface area contributed by atoms with E-state index < -0.39 is 34.2 Å². The highest BCUT2D eigenvalue weighted by atomic mass is 28.5. The van der Waals surface area contributed by atoms with Gasteiger partial charge in [0.1, 0.15) is 0 Å². The molecule has 0 bridgehead atoms. The highest BCUT2D eigenvalue weighted by Crippen LogP contribution is 2.32. The molecule has 8 heteroatoms. The number of benzene rings is 2. The number of hydrogen-bond acceptors (Lipinski definition) is 4. The minimum atomic E-state index is -3.23. The smallest absolute Gasteiger partial charge is 0.389 e. The molecule has 0 aliphatic carbocycles. The topological polar surface area (TPSA) is 36.9 Å². The van der Waals surface area contributed by atoms with E-state index >= 15 is 0 Å². The Hall–Kier alpha value is -1.89. The van der Waals surface area contributed by atoms with Gasteiger partial charge >= 0.3 is 34.2 Å². The van der Waals surface area contributed by atoms with Crippen LogP contribution in [0.5, 0.6) is 0 Å². The zero-order chi connectivity index (χ0) is 21.9. The van der Waals surface area contributed by atoms with E-state index in [-0.39, 0.29) is 0 Å². The summed E-state index contributed by atoms with van der Waals surface area (Å²) in [6.45, 7) is 20.0. The van der Waals surface area contributed by atoms with Crippen molar-refractivity contribution in [2.75, 3.05) is 0 Å². The fourth-order valence-electron chi connectivity index (χ4n) is 3.51. The Labute approximate surface area is 183 Å². The molecule has 1 fully saturated rings. The van der Waals surface area contributed by atoms with E-state index in [1.165, 1.54) is 0 Å². The fraction of sp³-hybridized carbons (Fsp3) is 0.0909. The third-order valence-electron chi connectivity index (χ3n) is 4.86. The summed E-state index contributed by atoms with van der Waals surface area (Å²) in [5.41, 5.74) is 6.90. The van der Waals surface area contributed by atoms with Gasteiger partial charge in [-0.05, 0) is 46.3 Å². The van der Waals surface area contributed by atoms with Crippen molar-refractivity contribution in [2.24, 2.45) is 0 Å². The maximum Gasteiger partial charge on any atom is 0.389 e. The fourth-order valence-corrected chi connectivity index (χ4v) is 21.8. The molecule has 1 aliphatic heterocycles. The molecule has 0 unspecified atom stereocenters. The van der Waals surface area contributed by atoms with Crippen LogP contribution in [0.4, 0.5) is 0 Å². The summed E-state index contributed by atoms with van der Waals surface area (Å²) < 4.78 is 27.3. The first-order chi connectivity index (χ1) is 14.3. The summed E-state index contributed by atoms with van der Waals surface area (Å²) in [5, 5.41) is 1.96. The highest BCUT2D eigenvalue weighted by molar-refractivity contribution is 7.06. The molecule has 4 nitrogen and oxygen atoms in total. The van der Waals surface area contributed by atoms with Crippen molar-refractivity contribution >= 4 is 44.6 Å². The van der Waals surface area contributed by atoms with Crippen molar-refractivity contribution in [2.45, 2.75) is 13.1 Å². The molecule has 0 radical (unpaired) electrons. The molecular weight excluding hydrogens is 441 g/mol. The summed E-state index contributed by atoms with van der Waals surface area (Å²) in [6, 6.07) is 20.1. The average molecular weight is 469 g/mol. The first-order valence-electron chi connectivity index (χ1n) is 9.74. The van der Waals surface area contributed by atoms with Crippen molar-refractivity contribution < 1.29 is 16.5 Å². The predicted octanol–water partition coefficient (Wildman–Crippen LogP) is 3.81. The molecule has 156 valence electrons. The Balaban J connectivity index is 2.31. The zero-order valence-electron chi connectivity index (χ0n) is 17.5. The van der Waals surface area contributed by atoms with E-state index in [0.717, 1.165) is 10.4 Å². The molecule has 2 aromatic carbocycles. The van der Waals surface area contributed by atoms with Gasteiger partial charge in [-0.3, -0.25) is 0 Å². The molecule has 0 N–H and O–H groups in total. The summed E-state index contributed by atoms with van der Waals surface area (Å²) in [4.78, 5) is 0. The second-order valence-electron chi connectivity index (χ2n) is 7.42. The maximum absolute atomic E-state index is 7.02. The van der Waals surface area contributed by atoms with Crippen LogP contribution >= 0.6 is 0 Å². The van der Waals surface area contributed by atoms with Crippen molar-refractivity contribution in [1.29, 1.82) is 0 Å². The minimum Gasteiger partial charge on any atom is -0.410 e. The van der Waals surface area contributed by atoms with Gasteiger partial charge in [0, 0.05) is 0 Å². The van der Waals surface area contributed by atoms with Crippen molar-refractivity contribution in [3.63, 3.8) is 0 Å². The second kappa shape index (κ2) is 8.69. The summed E-state index contributed by atoms with van der Waals surface area (Å²) in [7, 11) is -12.2. The van der Waals surface area contributed by atoms with Crippen LogP contribution in [0, 0.1) is 0 Å². The molecule has 1 aliphatic rings. The third kappa shape index (κ3) is 4.27. The molecule has 0 saturated carbocycles. The van der Waals surface area contributed by atoms with Gasteiger partial charge in [-0.15, -0.1) is 26.3 Å². The Morgan fingerprint density at radius 1 is 0.567 bits per heavy atom. The van der Waals surface area contributed by atoms with Crippen LogP contribution in [0.15, 0.2) is 110 Å². The first kappa shape index (κ1) is 22.8. The van der Waals surface area contributed by atoms with Gasteiger partial charge in [0.05, 0.1) is 0 Å². The third-order valence-corrected chi connectivity index (χ3v) is 20.7. The van der Waals surface area contributed by atoms with Crippen molar-refractivity contribution in [3.8, 4) is 0 Å². The summed E-state index contributed by atoms with van der Waals surface area (Å²) >= 11 is 0. The quantitative estimate of drug-likeness (QED) is 0.604. The van der Waals surface area contributed by atoms with Gasteiger partial charge in [-0.1, -0.05) is 60.7 Å². The second-order valence-corrected chi connectivity index (χ2v) is 20.4. The number of rotatable bonds is 6. The van der Waals surface area contributed by atoms with Crippen LogP contribution in [0.25, 0.3) is 0 Å².